The van der Waals surface area contributed by atoms with Crippen molar-refractivity contribution in [2.75, 3.05) is 7.05 Å². The highest BCUT2D eigenvalue weighted by Gasteiger charge is 2.48. The zero-order valence-electron chi connectivity index (χ0n) is 15.3. The Morgan fingerprint density at radius 3 is 2.59 bits per heavy atom. The summed E-state index contributed by atoms with van der Waals surface area (Å²) in [5.74, 6) is 1.52. The summed E-state index contributed by atoms with van der Waals surface area (Å²) in [7, 11) is 2.20. The van der Waals surface area contributed by atoms with Gasteiger partial charge in [-0.15, -0.1) is 0 Å². The van der Waals surface area contributed by atoms with E-state index in [4.69, 9.17) is 9.51 Å². The molecule has 0 N–H and O–H groups in total. The van der Waals surface area contributed by atoms with Crippen LogP contribution in [0.5, 0.6) is 0 Å². The summed E-state index contributed by atoms with van der Waals surface area (Å²) in [6.45, 7) is 0. The molecule has 138 valence electrons. The molecule has 2 saturated heterocycles. The number of hydrogen-bond donors (Lipinski definition) is 0. The first-order chi connectivity index (χ1) is 13.2. The third-order valence-electron chi connectivity index (χ3n) is 6.33. The summed E-state index contributed by atoms with van der Waals surface area (Å²) in [5.41, 5.74) is 2.12. The smallest absolute Gasteiger partial charge is 0.232 e. The number of halogens is 1. The number of rotatable bonds is 3. The van der Waals surface area contributed by atoms with Crippen LogP contribution in [0, 0.1) is 5.82 Å². The molecule has 27 heavy (non-hydrogen) atoms. The molecule has 3 heterocycles. The van der Waals surface area contributed by atoms with Gasteiger partial charge in [-0.1, -0.05) is 47.6 Å². The lowest BCUT2D eigenvalue weighted by Gasteiger charge is -2.41. The second kappa shape index (κ2) is 6.57. The lowest BCUT2D eigenvalue weighted by molar-refractivity contribution is 0.120. The van der Waals surface area contributed by atoms with E-state index in [2.05, 4.69) is 17.1 Å². The van der Waals surface area contributed by atoms with Crippen molar-refractivity contribution in [1.82, 2.24) is 15.0 Å². The molecule has 0 spiro atoms. The maximum absolute atomic E-state index is 13.4. The zero-order chi connectivity index (χ0) is 18.4. The minimum atomic E-state index is -0.199. The zero-order valence-corrected chi connectivity index (χ0v) is 15.3. The Hall–Kier alpha value is -2.53. The molecule has 0 amide bonds. The van der Waals surface area contributed by atoms with Gasteiger partial charge < -0.3 is 4.52 Å². The molecule has 2 bridgehead atoms. The van der Waals surface area contributed by atoms with Crippen molar-refractivity contribution in [1.29, 1.82) is 0 Å². The minimum absolute atomic E-state index is 0.129. The largest absolute Gasteiger partial charge is 0.339 e. The molecule has 2 aliphatic heterocycles. The molecular weight excluding hydrogens is 341 g/mol. The fourth-order valence-electron chi connectivity index (χ4n) is 4.93. The first kappa shape index (κ1) is 16.6. The molecule has 0 saturated carbocycles. The molecule has 5 heteroatoms. The van der Waals surface area contributed by atoms with Crippen LogP contribution in [-0.2, 0) is 0 Å². The molecule has 5 rings (SSSR count). The van der Waals surface area contributed by atoms with Crippen LogP contribution in [0.1, 0.15) is 42.6 Å². The van der Waals surface area contributed by atoms with E-state index in [-0.39, 0.29) is 17.7 Å². The van der Waals surface area contributed by atoms with Gasteiger partial charge >= 0.3 is 0 Å². The number of likely N-dealkylation sites (N-methyl/N-ethyl adjacent to an activating group) is 1. The predicted octanol–water partition coefficient (Wildman–Crippen LogP) is 4.61. The van der Waals surface area contributed by atoms with Crippen LogP contribution < -0.4 is 0 Å². The highest BCUT2D eigenvalue weighted by molar-refractivity contribution is 5.53. The predicted molar refractivity (Wildman–Crippen MR) is 101 cm³/mol. The van der Waals surface area contributed by atoms with Crippen LogP contribution >= 0.6 is 0 Å². The lowest BCUT2D eigenvalue weighted by Crippen LogP contribution is -2.44. The number of benzene rings is 2. The highest BCUT2D eigenvalue weighted by atomic mass is 19.1. The van der Waals surface area contributed by atoms with E-state index in [1.165, 1.54) is 6.42 Å². The number of nitrogens with zero attached hydrogens (tertiary/aromatic N) is 3. The van der Waals surface area contributed by atoms with Crippen molar-refractivity contribution >= 4 is 0 Å². The highest BCUT2D eigenvalue weighted by Crippen LogP contribution is 2.50. The quantitative estimate of drug-likeness (QED) is 0.681. The van der Waals surface area contributed by atoms with Gasteiger partial charge in [0.2, 0.25) is 11.7 Å². The normalized spacial score (nSPS) is 27.8. The van der Waals surface area contributed by atoms with Gasteiger partial charge in [-0.05, 0) is 49.9 Å². The summed E-state index contributed by atoms with van der Waals surface area (Å²) in [5, 5.41) is 4.25. The molecule has 3 aromatic rings. The van der Waals surface area contributed by atoms with Gasteiger partial charge in [0, 0.05) is 17.6 Å². The second-order valence-electron chi connectivity index (χ2n) is 7.71. The Balaban J connectivity index is 1.54. The van der Waals surface area contributed by atoms with Gasteiger partial charge in [0.15, 0.2) is 0 Å². The molecule has 1 unspecified atom stereocenters. The average Bonchev–Trinajstić information content (AvgIpc) is 3.26. The van der Waals surface area contributed by atoms with Gasteiger partial charge in [-0.2, -0.15) is 4.98 Å². The van der Waals surface area contributed by atoms with E-state index in [1.807, 2.05) is 42.5 Å². The maximum atomic E-state index is 13.4. The van der Waals surface area contributed by atoms with Crippen molar-refractivity contribution in [2.24, 2.45) is 0 Å². The number of aromatic nitrogens is 2. The fourth-order valence-corrected chi connectivity index (χ4v) is 4.93. The van der Waals surface area contributed by atoms with Gasteiger partial charge in [0.05, 0.1) is 5.92 Å². The molecule has 2 aliphatic rings. The van der Waals surface area contributed by atoms with Crippen molar-refractivity contribution in [3.8, 4) is 11.4 Å². The Bertz CT molecular complexity index is 924. The topological polar surface area (TPSA) is 42.2 Å². The van der Waals surface area contributed by atoms with E-state index in [9.17, 15) is 4.39 Å². The third-order valence-corrected chi connectivity index (χ3v) is 6.33. The van der Waals surface area contributed by atoms with E-state index in [0.29, 0.717) is 23.8 Å². The molecule has 4 atom stereocenters. The second-order valence-corrected chi connectivity index (χ2v) is 7.71. The Morgan fingerprint density at radius 1 is 1.04 bits per heavy atom. The van der Waals surface area contributed by atoms with Crippen molar-refractivity contribution in [2.45, 2.75) is 43.2 Å². The molecular formula is C22H22FN3O. The SMILES string of the molecule is CN1C2CC[C@H]1[C@H](c1nc(-c3ccccc3)no1)[C@@H](c1ccc(F)cc1)C2. The molecule has 2 aromatic carbocycles. The van der Waals surface area contributed by atoms with Crippen LogP contribution in [0.4, 0.5) is 4.39 Å². The maximum Gasteiger partial charge on any atom is 0.232 e. The Morgan fingerprint density at radius 2 is 1.81 bits per heavy atom. The fraction of sp³-hybridized carbons (Fsp3) is 0.364. The van der Waals surface area contributed by atoms with Crippen molar-refractivity contribution in [3.63, 3.8) is 0 Å². The molecule has 4 nitrogen and oxygen atoms in total. The van der Waals surface area contributed by atoms with Crippen LogP contribution in [0.15, 0.2) is 59.1 Å². The van der Waals surface area contributed by atoms with Gasteiger partial charge in [0.1, 0.15) is 5.82 Å². The van der Waals surface area contributed by atoms with E-state index < -0.39 is 0 Å². The molecule has 2 fully saturated rings. The first-order valence-electron chi connectivity index (χ1n) is 9.57. The monoisotopic (exact) mass is 363 g/mol. The van der Waals surface area contributed by atoms with Crippen LogP contribution in [0.25, 0.3) is 11.4 Å². The molecule has 0 aliphatic carbocycles. The Kier molecular flexibility index (Phi) is 4.05. The van der Waals surface area contributed by atoms with E-state index in [0.717, 1.165) is 24.0 Å². The standard InChI is InChI=1S/C22H22FN3O/c1-26-17-11-12-19(26)20(18(13-17)14-7-9-16(23)10-8-14)22-24-21(25-27-22)15-5-3-2-4-6-15/h2-10,17-20H,11-13H2,1H3/t17?,18-,19+,20-/m1/s1. The number of piperidine rings is 1. The summed E-state index contributed by atoms with van der Waals surface area (Å²) in [6.07, 6.45) is 3.36. The van der Waals surface area contributed by atoms with Crippen LogP contribution in [0.2, 0.25) is 0 Å². The third kappa shape index (κ3) is 2.86. The summed E-state index contributed by atoms with van der Waals surface area (Å²) < 4.78 is 19.2. The summed E-state index contributed by atoms with van der Waals surface area (Å²) >= 11 is 0. The summed E-state index contributed by atoms with van der Waals surface area (Å²) in [4.78, 5) is 7.24. The van der Waals surface area contributed by atoms with E-state index >= 15 is 0 Å². The van der Waals surface area contributed by atoms with Crippen molar-refractivity contribution < 1.29 is 8.91 Å². The van der Waals surface area contributed by atoms with Gasteiger partial charge in [-0.25, -0.2) is 4.39 Å². The average molecular weight is 363 g/mol. The lowest BCUT2D eigenvalue weighted by atomic mass is 9.76. The van der Waals surface area contributed by atoms with Crippen molar-refractivity contribution in [3.05, 3.63) is 71.9 Å². The summed E-state index contributed by atoms with van der Waals surface area (Å²) in [6, 6.07) is 17.8. The van der Waals surface area contributed by atoms with Crippen LogP contribution in [-0.4, -0.2) is 34.2 Å². The van der Waals surface area contributed by atoms with Gasteiger partial charge in [0.25, 0.3) is 0 Å². The van der Waals surface area contributed by atoms with E-state index in [1.54, 1.807) is 12.1 Å². The molecule has 0 radical (unpaired) electrons. The molecule has 1 aromatic heterocycles. The van der Waals surface area contributed by atoms with Crippen LogP contribution in [0.3, 0.4) is 0 Å². The number of fused-ring (bicyclic) bond motifs is 2. The minimum Gasteiger partial charge on any atom is -0.339 e. The Labute approximate surface area is 158 Å². The number of hydrogen-bond acceptors (Lipinski definition) is 4. The first-order valence-corrected chi connectivity index (χ1v) is 9.57. The van der Waals surface area contributed by atoms with Gasteiger partial charge in [-0.3, -0.25) is 4.90 Å².